The Kier molecular flexibility index (Phi) is 7.62. The molecule has 2 amide bonds. The minimum Gasteiger partial charge on any atom is -0.359 e. The van der Waals surface area contributed by atoms with Crippen LogP contribution in [-0.2, 0) is 14.4 Å². The van der Waals surface area contributed by atoms with Crippen LogP contribution in [0.1, 0.15) is 19.8 Å². The van der Waals surface area contributed by atoms with Crippen molar-refractivity contribution in [1.82, 2.24) is 10.6 Å². The fourth-order valence-electron chi connectivity index (χ4n) is 1.00. The molecule has 0 saturated carbocycles. The van der Waals surface area contributed by atoms with Gasteiger partial charge in [-0.25, -0.2) is 0 Å². The van der Waals surface area contributed by atoms with Crippen molar-refractivity contribution in [2.75, 3.05) is 19.8 Å². The highest BCUT2D eigenvalue weighted by Crippen LogP contribution is 2.16. The molecule has 0 heterocycles. The van der Waals surface area contributed by atoms with Crippen LogP contribution in [0.2, 0.25) is 0 Å². The Labute approximate surface area is 99.7 Å². The van der Waals surface area contributed by atoms with E-state index in [1.807, 2.05) is 0 Å². The molecular weight excluding hydrogens is 228 g/mol. The van der Waals surface area contributed by atoms with E-state index in [2.05, 4.69) is 10.6 Å². The van der Waals surface area contributed by atoms with E-state index in [0.29, 0.717) is 12.2 Å². The van der Waals surface area contributed by atoms with E-state index in [9.17, 15) is 14.4 Å². The van der Waals surface area contributed by atoms with E-state index >= 15 is 0 Å². The van der Waals surface area contributed by atoms with Crippen LogP contribution in [0, 0.1) is 0 Å². The highest BCUT2D eigenvalue weighted by atomic mass is 32.2. The predicted molar refractivity (Wildman–Crippen MR) is 64.3 cm³/mol. The van der Waals surface area contributed by atoms with Crippen LogP contribution < -0.4 is 10.6 Å². The van der Waals surface area contributed by atoms with Crippen molar-refractivity contribution in [1.29, 1.82) is 0 Å². The first kappa shape index (κ1) is 15.0. The summed E-state index contributed by atoms with van der Waals surface area (Å²) in [5.41, 5.74) is 0. The van der Waals surface area contributed by atoms with Crippen molar-refractivity contribution < 1.29 is 14.4 Å². The van der Waals surface area contributed by atoms with Crippen molar-refractivity contribution in [2.24, 2.45) is 0 Å². The van der Waals surface area contributed by atoms with Gasteiger partial charge < -0.3 is 10.6 Å². The molecule has 0 bridgehead atoms. The Bertz CT molecular complexity index is 269. The van der Waals surface area contributed by atoms with Gasteiger partial charge in [-0.3, -0.25) is 14.4 Å². The first-order valence-corrected chi connectivity index (χ1v) is 6.09. The Morgan fingerprint density at radius 3 is 2.25 bits per heavy atom. The fourth-order valence-corrected chi connectivity index (χ4v) is 2.23. The molecule has 0 rings (SSSR count). The molecule has 0 aliphatic carbocycles. The SMILES string of the molecule is CNC(=O)CC(SCCC(C)=O)C(=O)NC. The molecule has 0 aromatic heterocycles. The summed E-state index contributed by atoms with van der Waals surface area (Å²) in [7, 11) is 3.06. The van der Waals surface area contributed by atoms with Gasteiger partial charge in [0.1, 0.15) is 5.78 Å². The predicted octanol–water partition coefficient (Wildman–Crippen LogP) is -0.0506. The molecule has 0 fully saturated rings. The van der Waals surface area contributed by atoms with E-state index in [0.717, 1.165) is 0 Å². The normalized spacial score (nSPS) is 11.7. The van der Waals surface area contributed by atoms with Crippen molar-refractivity contribution in [3.8, 4) is 0 Å². The lowest BCUT2D eigenvalue weighted by atomic mass is 10.3. The van der Waals surface area contributed by atoms with Gasteiger partial charge in [0, 0.05) is 32.7 Å². The average Bonchev–Trinajstić information content (AvgIpc) is 2.25. The molecule has 16 heavy (non-hydrogen) atoms. The topological polar surface area (TPSA) is 75.3 Å². The lowest BCUT2D eigenvalue weighted by Crippen LogP contribution is -2.34. The molecule has 0 spiro atoms. The van der Waals surface area contributed by atoms with E-state index in [1.165, 1.54) is 32.8 Å². The Morgan fingerprint density at radius 1 is 1.19 bits per heavy atom. The summed E-state index contributed by atoms with van der Waals surface area (Å²) in [5, 5.41) is 4.56. The molecule has 0 saturated heterocycles. The molecule has 0 aromatic carbocycles. The summed E-state index contributed by atoms with van der Waals surface area (Å²) >= 11 is 1.33. The van der Waals surface area contributed by atoms with Gasteiger partial charge >= 0.3 is 0 Å². The molecule has 0 aromatic rings. The maximum absolute atomic E-state index is 11.4. The second-order valence-corrected chi connectivity index (χ2v) is 4.61. The lowest BCUT2D eigenvalue weighted by Gasteiger charge is -2.13. The van der Waals surface area contributed by atoms with Crippen molar-refractivity contribution in [3.63, 3.8) is 0 Å². The molecule has 1 atom stereocenters. The van der Waals surface area contributed by atoms with E-state index in [4.69, 9.17) is 0 Å². The van der Waals surface area contributed by atoms with Gasteiger partial charge in [-0.05, 0) is 6.92 Å². The van der Waals surface area contributed by atoms with Crippen LogP contribution in [0.3, 0.4) is 0 Å². The number of rotatable bonds is 7. The van der Waals surface area contributed by atoms with E-state index < -0.39 is 5.25 Å². The van der Waals surface area contributed by atoms with Crippen LogP contribution in [0.4, 0.5) is 0 Å². The van der Waals surface area contributed by atoms with E-state index in [1.54, 1.807) is 0 Å². The second kappa shape index (κ2) is 8.15. The molecule has 2 N–H and O–H groups in total. The molecule has 0 radical (unpaired) electrons. The number of thioether (sulfide) groups is 1. The second-order valence-electron chi connectivity index (χ2n) is 3.30. The summed E-state index contributed by atoms with van der Waals surface area (Å²) in [6, 6.07) is 0. The Morgan fingerprint density at radius 2 is 1.81 bits per heavy atom. The van der Waals surface area contributed by atoms with Crippen LogP contribution >= 0.6 is 11.8 Å². The highest BCUT2D eigenvalue weighted by Gasteiger charge is 2.20. The van der Waals surface area contributed by atoms with E-state index in [-0.39, 0.29) is 24.0 Å². The molecule has 92 valence electrons. The van der Waals surface area contributed by atoms with Crippen molar-refractivity contribution in [3.05, 3.63) is 0 Å². The summed E-state index contributed by atoms with van der Waals surface area (Å²) in [5.74, 6) is 0.286. The molecule has 1 unspecified atom stereocenters. The summed E-state index contributed by atoms with van der Waals surface area (Å²) in [4.78, 5) is 33.4. The third-order valence-electron chi connectivity index (χ3n) is 1.96. The summed E-state index contributed by atoms with van der Waals surface area (Å²) in [6.07, 6.45) is 0.560. The first-order chi connectivity index (χ1) is 7.51. The smallest absolute Gasteiger partial charge is 0.233 e. The average molecular weight is 246 g/mol. The summed E-state index contributed by atoms with van der Waals surface area (Å²) < 4.78 is 0. The number of carbonyl (C=O) groups excluding carboxylic acids is 3. The number of hydrogen-bond donors (Lipinski definition) is 2. The molecule has 0 aliphatic rings. The highest BCUT2D eigenvalue weighted by molar-refractivity contribution is 8.00. The van der Waals surface area contributed by atoms with Crippen LogP contribution in [-0.4, -0.2) is 42.7 Å². The largest absolute Gasteiger partial charge is 0.359 e. The summed E-state index contributed by atoms with van der Waals surface area (Å²) in [6.45, 7) is 1.51. The van der Waals surface area contributed by atoms with Crippen LogP contribution in [0.25, 0.3) is 0 Å². The van der Waals surface area contributed by atoms with Crippen molar-refractivity contribution in [2.45, 2.75) is 25.0 Å². The fraction of sp³-hybridized carbons (Fsp3) is 0.700. The molecule has 6 heteroatoms. The Hall–Kier alpha value is -1.04. The maximum Gasteiger partial charge on any atom is 0.233 e. The number of Topliss-reactive ketones (excluding diaryl/α,β-unsaturated/α-hetero) is 1. The minimum absolute atomic E-state index is 0.0862. The zero-order valence-corrected chi connectivity index (χ0v) is 10.6. The number of amides is 2. The number of hydrogen-bond acceptors (Lipinski definition) is 4. The first-order valence-electron chi connectivity index (χ1n) is 5.04. The molecular formula is C10H18N2O3S. The third kappa shape index (κ3) is 6.44. The lowest BCUT2D eigenvalue weighted by molar-refractivity contribution is -0.125. The van der Waals surface area contributed by atoms with Gasteiger partial charge in [-0.15, -0.1) is 11.8 Å². The zero-order chi connectivity index (χ0) is 12.6. The maximum atomic E-state index is 11.4. The quantitative estimate of drug-likeness (QED) is 0.660. The zero-order valence-electron chi connectivity index (χ0n) is 9.83. The van der Waals surface area contributed by atoms with Gasteiger partial charge in [-0.1, -0.05) is 0 Å². The van der Waals surface area contributed by atoms with Crippen LogP contribution in [0.5, 0.6) is 0 Å². The van der Waals surface area contributed by atoms with Gasteiger partial charge in [0.15, 0.2) is 0 Å². The number of nitrogens with one attached hydrogen (secondary N) is 2. The monoisotopic (exact) mass is 246 g/mol. The third-order valence-corrected chi connectivity index (χ3v) is 3.18. The number of carbonyl (C=O) groups is 3. The van der Waals surface area contributed by atoms with Crippen molar-refractivity contribution >= 4 is 29.4 Å². The van der Waals surface area contributed by atoms with Gasteiger partial charge in [-0.2, -0.15) is 0 Å². The van der Waals surface area contributed by atoms with Gasteiger partial charge in [0.05, 0.1) is 5.25 Å². The van der Waals surface area contributed by atoms with Crippen LogP contribution in [0.15, 0.2) is 0 Å². The minimum atomic E-state index is -0.427. The Balaban J connectivity index is 4.15. The molecule has 0 aliphatic heterocycles. The molecule has 5 nitrogen and oxygen atoms in total. The van der Waals surface area contributed by atoms with Gasteiger partial charge in [0.25, 0.3) is 0 Å². The number of ketones is 1. The van der Waals surface area contributed by atoms with Gasteiger partial charge in [0.2, 0.25) is 11.8 Å². The standard InChI is InChI=1S/C10H18N2O3S/c1-7(13)4-5-16-8(10(15)12-3)6-9(14)11-2/h8H,4-6H2,1-3H3,(H,11,14)(H,12,15).